The molecule has 1 spiro atoms. The molecule has 2 fully saturated rings. The Balaban J connectivity index is 1.35. The van der Waals surface area contributed by atoms with Crippen LogP contribution in [0.2, 0.25) is 0 Å². The third kappa shape index (κ3) is 6.74. The van der Waals surface area contributed by atoms with Gasteiger partial charge in [-0.2, -0.15) is 0 Å². The van der Waals surface area contributed by atoms with Crippen molar-refractivity contribution in [3.8, 4) is 5.75 Å². The van der Waals surface area contributed by atoms with Crippen LogP contribution in [-0.2, 0) is 35.9 Å². The van der Waals surface area contributed by atoms with Gasteiger partial charge in [-0.05, 0) is 58.1 Å². The fourth-order valence-corrected chi connectivity index (χ4v) is 8.96. The Morgan fingerprint density at radius 3 is 2.15 bits per heavy atom. The van der Waals surface area contributed by atoms with Gasteiger partial charge in [0.05, 0.1) is 35.2 Å². The lowest BCUT2D eigenvalue weighted by molar-refractivity contribution is -0.384. The monoisotopic (exact) mass is 808 g/mol. The second-order valence-electron chi connectivity index (χ2n) is 14.6. The minimum atomic E-state index is -1.95. The number of para-hydroxylation sites is 1. The zero-order chi connectivity index (χ0) is 42.0. The van der Waals surface area contributed by atoms with Crippen LogP contribution in [0.25, 0.3) is 0 Å². The lowest BCUT2D eigenvalue weighted by Gasteiger charge is -2.46. The highest BCUT2D eigenvalue weighted by molar-refractivity contribution is 6.23. The van der Waals surface area contributed by atoms with Gasteiger partial charge in [0.15, 0.2) is 0 Å². The molecule has 3 aliphatic rings. The number of fused-ring (bicyclic) bond motifs is 3. The van der Waals surface area contributed by atoms with E-state index in [1.54, 1.807) is 48.5 Å². The van der Waals surface area contributed by atoms with E-state index in [4.69, 9.17) is 14.2 Å². The summed E-state index contributed by atoms with van der Waals surface area (Å²) in [4.78, 5) is 73.7. The van der Waals surface area contributed by atoms with Crippen LogP contribution >= 0.6 is 0 Å². The Labute approximate surface area is 344 Å². The van der Waals surface area contributed by atoms with Crippen LogP contribution < -0.4 is 15.0 Å². The largest absolute Gasteiger partial charge is 0.491 e. The van der Waals surface area contributed by atoms with E-state index in [2.05, 4.69) is 11.9 Å². The van der Waals surface area contributed by atoms with Gasteiger partial charge in [0.25, 0.3) is 5.69 Å². The first-order chi connectivity index (χ1) is 29.2. The number of amides is 3. The number of nitrogens with one attached hydrogen (secondary N) is 1. The molecule has 14 heteroatoms. The van der Waals surface area contributed by atoms with Crippen molar-refractivity contribution < 1.29 is 43.4 Å². The lowest BCUT2D eigenvalue weighted by atomic mass is 9.65. The number of morpholine rings is 1. The number of cyclic esters (lactones) is 1. The number of anilines is 1. The molecule has 0 unspecified atom stereocenters. The summed E-state index contributed by atoms with van der Waals surface area (Å²) in [5, 5.41) is 23.6. The van der Waals surface area contributed by atoms with E-state index in [1.807, 2.05) is 65.6 Å². The van der Waals surface area contributed by atoms with E-state index in [-0.39, 0.29) is 37.7 Å². The predicted octanol–water partition coefficient (Wildman–Crippen LogP) is 6.27. The van der Waals surface area contributed by atoms with Crippen LogP contribution in [0.4, 0.5) is 16.2 Å². The van der Waals surface area contributed by atoms with Crippen molar-refractivity contribution in [1.82, 2.24) is 10.2 Å². The molecule has 3 heterocycles. The molecule has 3 amide bonds. The van der Waals surface area contributed by atoms with Crippen molar-refractivity contribution in [2.24, 2.45) is 5.92 Å². The van der Waals surface area contributed by atoms with Crippen molar-refractivity contribution in [3.63, 3.8) is 0 Å². The number of esters is 1. The van der Waals surface area contributed by atoms with Crippen molar-refractivity contribution >= 4 is 35.3 Å². The molecule has 0 saturated carbocycles. The Hall–Kier alpha value is -7.16. The fraction of sp³-hybridized carbons (Fsp3) is 0.217. The normalized spacial score (nSPS) is 23.0. The van der Waals surface area contributed by atoms with Gasteiger partial charge in [0.2, 0.25) is 11.8 Å². The smallest absolute Gasteiger partial charge is 0.421 e. The van der Waals surface area contributed by atoms with Gasteiger partial charge in [-0.3, -0.25) is 29.4 Å². The highest BCUT2D eigenvalue weighted by atomic mass is 16.6. The predicted molar refractivity (Wildman–Crippen MR) is 217 cm³/mol. The third-order valence-corrected chi connectivity index (χ3v) is 11.3. The van der Waals surface area contributed by atoms with Gasteiger partial charge in [0.1, 0.15) is 36.5 Å². The highest BCUT2D eigenvalue weighted by Crippen LogP contribution is 2.65. The third-order valence-electron chi connectivity index (χ3n) is 11.3. The van der Waals surface area contributed by atoms with Crippen molar-refractivity contribution in [1.29, 1.82) is 0 Å². The number of hydrogen-bond acceptors (Lipinski definition) is 11. The minimum absolute atomic E-state index is 0.0142. The Kier molecular flexibility index (Phi) is 11.0. The molecule has 6 atom stereocenters. The van der Waals surface area contributed by atoms with Crippen LogP contribution in [0.5, 0.6) is 5.75 Å². The number of rotatable bonds is 12. The molecular formula is C46H40N4O10. The van der Waals surface area contributed by atoms with E-state index >= 15 is 4.79 Å². The van der Waals surface area contributed by atoms with Crippen LogP contribution in [0, 0.1) is 16.0 Å². The van der Waals surface area contributed by atoms with Crippen LogP contribution in [0.1, 0.15) is 46.0 Å². The topological polar surface area (TPSA) is 178 Å². The quantitative estimate of drug-likeness (QED) is 0.0629. The summed E-state index contributed by atoms with van der Waals surface area (Å²) in [6, 6.07) is 34.4. The van der Waals surface area contributed by atoms with Gasteiger partial charge >= 0.3 is 12.1 Å². The van der Waals surface area contributed by atoms with E-state index in [0.717, 1.165) is 10.5 Å². The van der Waals surface area contributed by atoms with Crippen molar-refractivity contribution in [3.05, 3.63) is 184 Å². The van der Waals surface area contributed by atoms with E-state index in [9.17, 15) is 29.6 Å². The van der Waals surface area contributed by atoms with Gasteiger partial charge in [0, 0.05) is 18.7 Å². The number of hydrogen-bond donors (Lipinski definition) is 2. The maximum atomic E-state index is 15.9. The number of benzene rings is 5. The fourth-order valence-electron chi connectivity index (χ4n) is 8.96. The number of ether oxygens (including phenoxy) is 3. The Morgan fingerprint density at radius 1 is 0.850 bits per heavy atom. The number of carbonyl (C=O) groups excluding carboxylic acids is 4. The molecule has 0 radical (unpaired) electrons. The molecule has 8 rings (SSSR count). The van der Waals surface area contributed by atoms with E-state index in [0.29, 0.717) is 28.0 Å². The first-order valence-electron chi connectivity index (χ1n) is 19.3. The number of imide groups is 1. The Bertz CT molecular complexity index is 2430. The molecule has 5 aromatic rings. The van der Waals surface area contributed by atoms with Crippen molar-refractivity contribution in [2.75, 3.05) is 24.7 Å². The van der Waals surface area contributed by atoms with Gasteiger partial charge in [-0.15, -0.1) is 6.58 Å². The molecule has 0 aromatic heterocycles. The molecule has 3 aliphatic heterocycles. The minimum Gasteiger partial charge on any atom is -0.491 e. The molecule has 14 nitrogen and oxygen atoms in total. The Morgan fingerprint density at radius 2 is 1.50 bits per heavy atom. The number of nitrogens with zero attached hydrogens (tertiary/aromatic N) is 3. The first kappa shape index (κ1) is 39.7. The summed E-state index contributed by atoms with van der Waals surface area (Å²) in [6.45, 7) is 3.27. The summed E-state index contributed by atoms with van der Waals surface area (Å²) >= 11 is 0. The SMILES string of the molecule is C=CCNC(=O)[C@H]1[C@@H]2C(=O)O[C@@H](c3ccccc3)[C@@H](c3ccccc3)N2[C@@H](c2ccc(OCCO)cc2)[C@]12C(=O)N(C(=O)OCc1ccc([N+](=O)[O-])cc1)c1ccccc12. The number of nitro benzene ring substituents is 1. The van der Waals surface area contributed by atoms with Crippen LogP contribution in [0.3, 0.4) is 0 Å². The summed E-state index contributed by atoms with van der Waals surface area (Å²) in [5.41, 5.74) is 0.781. The zero-order valence-corrected chi connectivity index (χ0v) is 32.2. The zero-order valence-electron chi connectivity index (χ0n) is 32.2. The number of aliphatic hydroxyl groups is 1. The summed E-state index contributed by atoms with van der Waals surface area (Å²) < 4.78 is 17.9. The summed E-state index contributed by atoms with van der Waals surface area (Å²) in [5.74, 6) is -3.20. The standard InChI is InChI=1S/C46H40N4O10/c1-2-25-47-42(52)37-39-43(53)60-40(31-13-7-4-8-14-31)38(30-11-5-3-6-12-30)49(39)41(32-19-23-34(24-20-32)58-27-26-51)46(37)35-15-9-10-16-36(35)48(44(46)54)45(55)59-28-29-17-21-33(22-18-29)50(56)57/h2-24,37-41,51H,1,25-28H2,(H,47,52)/t37-,38-,39-,40+,41+,46-/m1/s1. The molecule has 0 aliphatic carbocycles. The second kappa shape index (κ2) is 16.6. The summed E-state index contributed by atoms with van der Waals surface area (Å²) in [6.07, 6.45) is -0.453. The molecule has 2 saturated heterocycles. The first-order valence-corrected chi connectivity index (χ1v) is 19.3. The molecule has 2 N–H and O–H groups in total. The molecule has 60 heavy (non-hydrogen) atoms. The molecule has 304 valence electrons. The van der Waals surface area contributed by atoms with Crippen LogP contribution in [0.15, 0.2) is 146 Å². The molecule has 5 aromatic carbocycles. The van der Waals surface area contributed by atoms with Gasteiger partial charge < -0.3 is 24.6 Å². The van der Waals surface area contributed by atoms with E-state index in [1.165, 1.54) is 30.3 Å². The second-order valence-corrected chi connectivity index (χ2v) is 14.6. The maximum Gasteiger partial charge on any atom is 0.421 e. The lowest BCUT2D eigenvalue weighted by Crippen LogP contribution is -2.55. The molecule has 0 bridgehead atoms. The average Bonchev–Trinajstić information content (AvgIpc) is 3.74. The van der Waals surface area contributed by atoms with Crippen LogP contribution in [-0.4, -0.2) is 64.6 Å². The number of carbonyl (C=O) groups is 4. The van der Waals surface area contributed by atoms with Crippen molar-refractivity contribution in [2.45, 2.75) is 36.3 Å². The van der Waals surface area contributed by atoms with Gasteiger partial charge in [-0.1, -0.05) is 97.1 Å². The van der Waals surface area contributed by atoms with E-state index < -0.39 is 64.4 Å². The summed E-state index contributed by atoms with van der Waals surface area (Å²) in [7, 11) is 0. The maximum absolute atomic E-state index is 15.9. The highest BCUT2D eigenvalue weighted by Gasteiger charge is 2.75. The number of aliphatic hydroxyl groups excluding tert-OH is 1. The number of nitro groups is 1. The average molecular weight is 809 g/mol. The number of non-ortho nitro benzene ring substituents is 1. The molecular weight excluding hydrogens is 769 g/mol. The van der Waals surface area contributed by atoms with Gasteiger partial charge in [-0.25, -0.2) is 9.69 Å².